The van der Waals surface area contributed by atoms with Crippen molar-refractivity contribution in [1.82, 2.24) is 0 Å². The zero-order chi connectivity index (χ0) is 49.6. The summed E-state index contributed by atoms with van der Waals surface area (Å²) < 4.78 is 41.3. The van der Waals surface area contributed by atoms with Gasteiger partial charge in [0.1, 0.15) is 24.7 Å². The number of hydrogen-bond donors (Lipinski definition) is 0. The Morgan fingerprint density at radius 2 is 1.21 bits per heavy atom. The Bertz CT molecular complexity index is 1770. The van der Waals surface area contributed by atoms with Gasteiger partial charge in [0.2, 0.25) is 0 Å². The summed E-state index contributed by atoms with van der Waals surface area (Å²) in [6.07, 6.45) is 22.8. The largest absolute Gasteiger partial charge is 0.493 e. The topological polar surface area (TPSA) is 55.4 Å². The average molecular weight is 950 g/mol. The Hall–Kier alpha value is -2.74. The first kappa shape index (κ1) is 58.6. The SMILES string of the molecule is C=C(/C(=C\C=C(/C)c1sc(C(C)(C)C)c2c1OCC(COC(CC)CCCC)(COC(CC)CCCC)CO2)OCC(CC)CCCC)c1cc(C(C)(C)C)ccc1OCC(CC)CCCC. The number of hydrogen-bond acceptors (Lipinski definition) is 7. The molecule has 1 aromatic heterocycles. The van der Waals surface area contributed by atoms with Crippen LogP contribution in [0, 0.1) is 17.3 Å². The molecule has 0 spiro atoms. The molecule has 1 aromatic carbocycles. The van der Waals surface area contributed by atoms with Crippen molar-refractivity contribution in [3.05, 3.63) is 63.6 Å². The van der Waals surface area contributed by atoms with E-state index in [4.69, 9.17) is 35.0 Å². The van der Waals surface area contributed by atoms with Crippen LogP contribution in [-0.2, 0) is 25.0 Å². The summed E-state index contributed by atoms with van der Waals surface area (Å²) in [6, 6.07) is 6.66. The van der Waals surface area contributed by atoms with Gasteiger partial charge in [0, 0.05) is 16.6 Å². The third kappa shape index (κ3) is 18.5. The first-order valence-electron chi connectivity index (χ1n) is 27.1. The zero-order valence-corrected chi connectivity index (χ0v) is 46.6. The molecule has 0 bridgehead atoms. The molecule has 0 saturated carbocycles. The first-order chi connectivity index (χ1) is 31.9. The maximum Gasteiger partial charge on any atom is 0.179 e. The molecule has 2 heterocycles. The molecule has 4 atom stereocenters. The van der Waals surface area contributed by atoms with E-state index in [-0.39, 0.29) is 23.0 Å². The van der Waals surface area contributed by atoms with Gasteiger partial charge in [0.15, 0.2) is 11.5 Å². The Morgan fingerprint density at radius 3 is 1.70 bits per heavy atom. The molecular formula is C60H100O6S. The Balaban J connectivity index is 2.16. The third-order valence-electron chi connectivity index (χ3n) is 13.8. The van der Waals surface area contributed by atoms with Gasteiger partial charge in [-0.1, -0.05) is 180 Å². The van der Waals surface area contributed by atoms with Gasteiger partial charge in [0.25, 0.3) is 0 Å². The van der Waals surface area contributed by atoms with Gasteiger partial charge in [-0.2, -0.15) is 0 Å². The molecular weight excluding hydrogens is 849 g/mol. The van der Waals surface area contributed by atoms with Crippen molar-refractivity contribution in [3.8, 4) is 17.2 Å². The minimum atomic E-state index is -0.458. The van der Waals surface area contributed by atoms with Gasteiger partial charge in [0.05, 0.1) is 53.8 Å². The molecule has 382 valence electrons. The van der Waals surface area contributed by atoms with Crippen LogP contribution >= 0.6 is 11.3 Å². The van der Waals surface area contributed by atoms with E-state index >= 15 is 0 Å². The van der Waals surface area contributed by atoms with Gasteiger partial charge in [-0.3, -0.25) is 0 Å². The lowest BCUT2D eigenvalue weighted by molar-refractivity contribution is -0.0992. The lowest BCUT2D eigenvalue weighted by Crippen LogP contribution is -2.44. The van der Waals surface area contributed by atoms with Crippen LogP contribution < -0.4 is 14.2 Å². The van der Waals surface area contributed by atoms with Crippen LogP contribution in [0.4, 0.5) is 0 Å². The lowest BCUT2D eigenvalue weighted by Gasteiger charge is -2.34. The molecule has 0 N–H and O–H groups in total. The van der Waals surface area contributed by atoms with Crippen molar-refractivity contribution in [3.63, 3.8) is 0 Å². The summed E-state index contributed by atoms with van der Waals surface area (Å²) in [7, 11) is 0. The molecule has 3 rings (SSSR count). The fourth-order valence-electron chi connectivity index (χ4n) is 8.60. The molecule has 0 saturated heterocycles. The molecule has 6 nitrogen and oxygen atoms in total. The second-order valence-electron chi connectivity index (χ2n) is 22.0. The maximum atomic E-state index is 7.08. The summed E-state index contributed by atoms with van der Waals surface area (Å²) in [5, 5.41) is 0. The summed E-state index contributed by atoms with van der Waals surface area (Å²) in [5.41, 5.74) is 3.50. The van der Waals surface area contributed by atoms with E-state index in [0.29, 0.717) is 51.5 Å². The number of allylic oxidation sites excluding steroid dienone is 4. The van der Waals surface area contributed by atoms with Crippen LogP contribution in [0.3, 0.4) is 0 Å². The fraction of sp³-hybridized carbons (Fsp3) is 0.733. The van der Waals surface area contributed by atoms with Crippen LogP contribution in [0.5, 0.6) is 17.2 Å². The standard InChI is InChI=1S/C60H100O6S/c1-17-25-29-46(21-5)38-61-52(45(10)51-37-48(58(11,12)13)34-36-53(51)62-39-47(22-6)30-26-18-2)35-33-44(9)56-54-55(57(67-56)59(14,15)16)66-43-60(42-65-54,40-63-49(23-7)31-27-19-3)41-64-50(24-8)32-28-20-4/h33-37,46-47,49-50H,10,17-32,38-43H2,1-9,11-16H3/b44-33+,52-35+. The van der Waals surface area contributed by atoms with Crippen LogP contribution in [0.2, 0.25) is 0 Å². The van der Waals surface area contributed by atoms with E-state index in [2.05, 4.69) is 134 Å². The van der Waals surface area contributed by atoms with Crippen molar-refractivity contribution in [1.29, 1.82) is 0 Å². The number of ether oxygens (including phenoxy) is 6. The maximum absolute atomic E-state index is 7.08. The number of fused-ring (bicyclic) bond motifs is 1. The van der Waals surface area contributed by atoms with E-state index < -0.39 is 5.41 Å². The van der Waals surface area contributed by atoms with E-state index in [1.807, 2.05) is 0 Å². The predicted octanol–water partition coefficient (Wildman–Crippen LogP) is 17.9. The lowest BCUT2D eigenvalue weighted by atomic mass is 9.85. The predicted molar refractivity (Wildman–Crippen MR) is 290 cm³/mol. The summed E-state index contributed by atoms with van der Waals surface area (Å²) in [5.74, 6) is 4.29. The average Bonchev–Trinajstić information content (AvgIpc) is 3.60. The van der Waals surface area contributed by atoms with Crippen LogP contribution in [0.25, 0.3) is 11.1 Å². The summed E-state index contributed by atoms with van der Waals surface area (Å²) in [6.45, 7) is 42.0. The van der Waals surface area contributed by atoms with Gasteiger partial charge < -0.3 is 28.4 Å². The molecule has 67 heavy (non-hydrogen) atoms. The van der Waals surface area contributed by atoms with Crippen LogP contribution in [0.1, 0.15) is 227 Å². The van der Waals surface area contributed by atoms with Crippen molar-refractivity contribution in [2.45, 2.75) is 230 Å². The molecule has 0 fully saturated rings. The van der Waals surface area contributed by atoms with Gasteiger partial charge >= 0.3 is 0 Å². The highest BCUT2D eigenvalue weighted by Crippen LogP contribution is 2.52. The van der Waals surface area contributed by atoms with Gasteiger partial charge in [-0.25, -0.2) is 0 Å². The van der Waals surface area contributed by atoms with Gasteiger partial charge in [-0.05, 0) is 92.0 Å². The van der Waals surface area contributed by atoms with Crippen molar-refractivity contribution in [2.75, 3.05) is 39.6 Å². The van der Waals surface area contributed by atoms with Gasteiger partial charge in [-0.15, -0.1) is 11.3 Å². The molecule has 0 radical (unpaired) electrons. The molecule has 0 aliphatic carbocycles. The normalized spacial score (nSPS) is 17.8. The second kappa shape index (κ2) is 29.4. The van der Waals surface area contributed by atoms with Crippen molar-refractivity contribution in [2.24, 2.45) is 17.3 Å². The molecule has 7 heteroatoms. The number of unbranched alkanes of at least 4 members (excludes halogenated alkanes) is 4. The van der Waals surface area contributed by atoms with Crippen LogP contribution in [0.15, 0.2) is 42.7 Å². The quantitative estimate of drug-likeness (QED) is 0.0538. The molecule has 2 aromatic rings. The smallest absolute Gasteiger partial charge is 0.179 e. The zero-order valence-electron chi connectivity index (χ0n) is 45.8. The van der Waals surface area contributed by atoms with Crippen molar-refractivity contribution < 1.29 is 28.4 Å². The Kier molecular flexibility index (Phi) is 25.7. The second-order valence-corrected chi connectivity index (χ2v) is 23.0. The van der Waals surface area contributed by atoms with Crippen molar-refractivity contribution >= 4 is 22.5 Å². The Labute approximate surface area is 416 Å². The van der Waals surface area contributed by atoms with E-state index in [9.17, 15) is 0 Å². The fourth-order valence-corrected chi connectivity index (χ4v) is 9.82. The minimum Gasteiger partial charge on any atom is -0.493 e. The Morgan fingerprint density at radius 1 is 0.687 bits per heavy atom. The molecule has 1 aliphatic rings. The highest BCUT2D eigenvalue weighted by atomic mass is 32.1. The summed E-state index contributed by atoms with van der Waals surface area (Å²) >= 11 is 1.78. The summed E-state index contributed by atoms with van der Waals surface area (Å²) in [4.78, 5) is 2.26. The highest BCUT2D eigenvalue weighted by Gasteiger charge is 2.41. The van der Waals surface area contributed by atoms with E-state index in [1.165, 1.54) is 42.5 Å². The monoisotopic (exact) mass is 949 g/mol. The third-order valence-corrected chi connectivity index (χ3v) is 15.5. The number of rotatable bonds is 32. The van der Waals surface area contributed by atoms with E-state index in [1.54, 1.807) is 11.3 Å². The number of thiophene rings is 1. The van der Waals surface area contributed by atoms with E-state index in [0.717, 1.165) is 115 Å². The molecule has 0 amide bonds. The molecule has 4 unspecified atom stereocenters. The van der Waals surface area contributed by atoms with Crippen LogP contribution in [-0.4, -0.2) is 51.8 Å². The molecule has 1 aliphatic heterocycles. The minimum absolute atomic E-state index is 0.0471. The highest BCUT2D eigenvalue weighted by molar-refractivity contribution is 7.14. The number of benzene rings is 1. The first-order valence-corrected chi connectivity index (χ1v) is 27.9.